The van der Waals surface area contributed by atoms with Crippen LogP contribution >= 0.6 is 0 Å². The Labute approximate surface area is 102 Å². The number of aromatic nitrogens is 1. The summed E-state index contributed by atoms with van der Waals surface area (Å²) in [6, 6.07) is 2.91. The molecule has 0 saturated carbocycles. The van der Waals surface area contributed by atoms with Gasteiger partial charge in [-0.15, -0.1) is 0 Å². The molecule has 1 aromatic rings. The summed E-state index contributed by atoms with van der Waals surface area (Å²) in [6.45, 7) is 10.3. The van der Waals surface area contributed by atoms with Crippen LogP contribution in [0.3, 0.4) is 0 Å². The van der Waals surface area contributed by atoms with Crippen LogP contribution in [0.2, 0.25) is 0 Å². The van der Waals surface area contributed by atoms with Gasteiger partial charge in [-0.3, -0.25) is 4.79 Å². The van der Waals surface area contributed by atoms with E-state index in [4.69, 9.17) is 0 Å². The van der Waals surface area contributed by atoms with E-state index in [1.807, 2.05) is 6.92 Å². The van der Waals surface area contributed by atoms with Gasteiger partial charge in [-0.05, 0) is 26.8 Å². The van der Waals surface area contributed by atoms with Gasteiger partial charge in [0.1, 0.15) is 5.75 Å². The van der Waals surface area contributed by atoms with Crippen LogP contribution in [0.25, 0.3) is 0 Å². The maximum Gasteiger partial charge on any atom is 0.254 e. The molecule has 0 unspecified atom stereocenters. The van der Waals surface area contributed by atoms with E-state index in [9.17, 15) is 9.90 Å². The summed E-state index contributed by atoms with van der Waals surface area (Å²) in [5, 5.41) is 9.29. The molecule has 96 valence electrons. The molecule has 4 nitrogen and oxygen atoms in total. The zero-order valence-corrected chi connectivity index (χ0v) is 11.0. The quantitative estimate of drug-likeness (QED) is 0.744. The average molecular weight is 239 g/mol. The van der Waals surface area contributed by atoms with Crippen LogP contribution in [0, 0.1) is 6.92 Å². The summed E-state index contributed by atoms with van der Waals surface area (Å²) >= 11 is 0. The Morgan fingerprint density at radius 3 is 2.47 bits per heavy atom. The summed E-state index contributed by atoms with van der Waals surface area (Å²) in [6.07, 6.45) is 0.989. The van der Waals surface area contributed by atoms with Crippen molar-refractivity contribution in [1.29, 1.82) is 0 Å². The lowest BCUT2D eigenvalue weighted by molar-refractivity contribution is -0.896. The van der Waals surface area contributed by atoms with Crippen molar-refractivity contribution in [1.82, 2.24) is 4.57 Å². The fraction of sp³-hybridized carbons (Fsp3) is 0.615. The van der Waals surface area contributed by atoms with Crippen LogP contribution in [0.5, 0.6) is 5.75 Å². The molecule has 17 heavy (non-hydrogen) atoms. The van der Waals surface area contributed by atoms with Gasteiger partial charge in [0.05, 0.1) is 19.6 Å². The van der Waals surface area contributed by atoms with Gasteiger partial charge in [0.2, 0.25) is 0 Å². The lowest BCUT2D eigenvalue weighted by atomic mass is 10.3. The van der Waals surface area contributed by atoms with E-state index >= 15 is 0 Å². The third-order valence-corrected chi connectivity index (χ3v) is 3.23. The number of rotatable bonds is 6. The molecule has 0 aromatic carbocycles. The van der Waals surface area contributed by atoms with Gasteiger partial charge in [0, 0.05) is 24.7 Å². The normalized spacial score (nSPS) is 11.1. The topological polar surface area (TPSA) is 46.7 Å². The van der Waals surface area contributed by atoms with E-state index in [1.165, 1.54) is 6.07 Å². The molecule has 4 heteroatoms. The molecule has 0 saturated heterocycles. The Hall–Kier alpha value is -1.29. The van der Waals surface area contributed by atoms with E-state index in [0.717, 1.165) is 38.3 Å². The lowest BCUT2D eigenvalue weighted by Crippen LogP contribution is -3.11. The van der Waals surface area contributed by atoms with Crippen LogP contribution in [0.15, 0.2) is 16.9 Å². The largest absolute Gasteiger partial charge is 0.508 e. The van der Waals surface area contributed by atoms with Crippen LogP contribution in [-0.4, -0.2) is 29.3 Å². The number of aryl methyl sites for hydroxylation is 1. The minimum atomic E-state index is -0.114. The fourth-order valence-electron chi connectivity index (χ4n) is 2.09. The molecule has 1 aromatic heterocycles. The van der Waals surface area contributed by atoms with E-state index in [-0.39, 0.29) is 11.3 Å². The first kappa shape index (κ1) is 13.8. The third-order valence-electron chi connectivity index (χ3n) is 3.23. The Kier molecular flexibility index (Phi) is 5.22. The van der Waals surface area contributed by atoms with E-state index in [1.54, 1.807) is 15.5 Å². The molecule has 0 aliphatic heterocycles. The first-order valence-corrected chi connectivity index (χ1v) is 6.32. The van der Waals surface area contributed by atoms with Gasteiger partial charge in [-0.1, -0.05) is 0 Å². The minimum absolute atomic E-state index is 0.0538. The second kappa shape index (κ2) is 6.45. The average Bonchev–Trinajstić information content (AvgIpc) is 2.27. The molecular weight excluding hydrogens is 216 g/mol. The highest BCUT2D eigenvalue weighted by Crippen LogP contribution is 2.06. The number of hydrogen-bond donors (Lipinski definition) is 2. The van der Waals surface area contributed by atoms with Crippen molar-refractivity contribution in [2.24, 2.45) is 0 Å². The second-order valence-corrected chi connectivity index (χ2v) is 4.41. The van der Waals surface area contributed by atoms with Crippen molar-refractivity contribution in [2.75, 3.05) is 19.6 Å². The van der Waals surface area contributed by atoms with Gasteiger partial charge >= 0.3 is 0 Å². The van der Waals surface area contributed by atoms with E-state index in [0.29, 0.717) is 0 Å². The van der Waals surface area contributed by atoms with Crippen molar-refractivity contribution in [3.63, 3.8) is 0 Å². The molecule has 1 heterocycles. The van der Waals surface area contributed by atoms with Crippen molar-refractivity contribution in [3.05, 3.63) is 28.2 Å². The maximum atomic E-state index is 11.7. The Morgan fingerprint density at radius 2 is 1.94 bits per heavy atom. The van der Waals surface area contributed by atoms with Gasteiger partial charge in [0.15, 0.2) is 0 Å². The zero-order chi connectivity index (χ0) is 12.8. The summed E-state index contributed by atoms with van der Waals surface area (Å²) in [5.41, 5.74) is 0.710. The first-order valence-electron chi connectivity index (χ1n) is 6.32. The highest BCUT2D eigenvalue weighted by atomic mass is 16.3. The van der Waals surface area contributed by atoms with Crippen LogP contribution in [0.1, 0.15) is 26.0 Å². The SMILES string of the molecule is CC[NH+](CC)CCCn1c(C)cc(O)cc1=O. The maximum absolute atomic E-state index is 11.7. The highest BCUT2D eigenvalue weighted by molar-refractivity contribution is 5.21. The predicted octanol–water partition coefficient (Wildman–Crippen LogP) is 0.177. The Balaban J connectivity index is 2.61. The molecule has 0 amide bonds. The Morgan fingerprint density at radius 1 is 1.29 bits per heavy atom. The molecule has 0 atom stereocenters. The lowest BCUT2D eigenvalue weighted by Gasteiger charge is -2.16. The number of nitrogens with zero attached hydrogens (tertiary/aromatic N) is 1. The monoisotopic (exact) mass is 239 g/mol. The number of hydrogen-bond acceptors (Lipinski definition) is 2. The molecule has 0 radical (unpaired) electrons. The third kappa shape index (κ3) is 3.89. The smallest absolute Gasteiger partial charge is 0.254 e. The molecule has 0 aliphatic carbocycles. The molecule has 2 N–H and O–H groups in total. The van der Waals surface area contributed by atoms with Crippen molar-refractivity contribution in [2.45, 2.75) is 33.7 Å². The zero-order valence-electron chi connectivity index (χ0n) is 11.0. The summed E-state index contributed by atoms with van der Waals surface area (Å²) < 4.78 is 1.72. The van der Waals surface area contributed by atoms with Crippen LogP contribution in [0.4, 0.5) is 0 Å². The van der Waals surface area contributed by atoms with Crippen molar-refractivity contribution >= 4 is 0 Å². The van der Waals surface area contributed by atoms with Gasteiger partial charge in [0.25, 0.3) is 5.56 Å². The van der Waals surface area contributed by atoms with Gasteiger partial charge in [-0.2, -0.15) is 0 Å². The van der Waals surface area contributed by atoms with E-state index < -0.39 is 0 Å². The number of aromatic hydroxyl groups is 1. The number of nitrogens with one attached hydrogen (secondary N) is 1. The molecule has 0 spiro atoms. The molecular formula is C13H23N2O2+. The minimum Gasteiger partial charge on any atom is -0.508 e. The highest BCUT2D eigenvalue weighted by Gasteiger charge is 2.05. The summed E-state index contributed by atoms with van der Waals surface area (Å²) in [5.74, 6) is 0.0538. The second-order valence-electron chi connectivity index (χ2n) is 4.41. The molecule has 0 bridgehead atoms. The first-order chi connectivity index (χ1) is 8.08. The standard InChI is InChI=1S/C13H22N2O2/c1-4-14(5-2)7-6-8-15-11(3)9-12(16)10-13(15)17/h9-10,16H,4-8H2,1-3H3/p+1. The van der Waals surface area contributed by atoms with Crippen LogP contribution in [-0.2, 0) is 6.54 Å². The number of quaternary nitrogens is 1. The van der Waals surface area contributed by atoms with Crippen LogP contribution < -0.4 is 10.5 Å². The summed E-state index contributed by atoms with van der Waals surface area (Å²) in [4.78, 5) is 13.2. The Bertz CT molecular complexity index is 408. The van der Waals surface area contributed by atoms with Gasteiger partial charge < -0.3 is 14.6 Å². The van der Waals surface area contributed by atoms with Gasteiger partial charge in [-0.25, -0.2) is 0 Å². The predicted molar refractivity (Wildman–Crippen MR) is 68.6 cm³/mol. The molecule has 0 fully saturated rings. The fourth-order valence-corrected chi connectivity index (χ4v) is 2.09. The van der Waals surface area contributed by atoms with Crippen molar-refractivity contribution in [3.8, 4) is 5.75 Å². The summed E-state index contributed by atoms with van der Waals surface area (Å²) in [7, 11) is 0. The molecule has 1 rings (SSSR count). The molecule has 0 aliphatic rings. The van der Waals surface area contributed by atoms with Crippen molar-refractivity contribution < 1.29 is 10.0 Å². The van der Waals surface area contributed by atoms with E-state index in [2.05, 4.69) is 13.8 Å². The number of pyridine rings is 1.